The zero-order valence-corrected chi connectivity index (χ0v) is 15.6. The van der Waals surface area contributed by atoms with Gasteiger partial charge in [-0.1, -0.05) is 25.5 Å². The molecule has 1 aliphatic heterocycles. The normalized spacial score (nSPS) is 14.4. The number of aryl methyl sites for hydroxylation is 1. The van der Waals surface area contributed by atoms with Crippen molar-refractivity contribution < 1.29 is 4.79 Å². The van der Waals surface area contributed by atoms with E-state index < -0.39 is 0 Å². The van der Waals surface area contributed by atoms with Gasteiger partial charge in [-0.25, -0.2) is 0 Å². The Hall–Kier alpha value is -2.63. The van der Waals surface area contributed by atoms with E-state index in [-0.39, 0.29) is 5.91 Å². The highest BCUT2D eigenvalue weighted by Gasteiger charge is 2.18. The molecule has 3 rings (SSSR count). The Balaban J connectivity index is 1.54. The van der Waals surface area contributed by atoms with Crippen molar-refractivity contribution in [2.45, 2.75) is 33.1 Å². The van der Waals surface area contributed by atoms with Gasteiger partial charge in [-0.15, -0.1) is 10.2 Å². The van der Waals surface area contributed by atoms with Crippen LogP contribution in [-0.4, -0.2) is 42.3 Å². The highest BCUT2D eigenvalue weighted by molar-refractivity contribution is 5.89. The second-order valence-corrected chi connectivity index (χ2v) is 6.74. The van der Waals surface area contributed by atoms with E-state index in [9.17, 15) is 4.79 Å². The number of amides is 1. The highest BCUT2D eigenvalue weighted by atomic mass is 16.1. The molecule has 1 N–H and O–H groups in total. The molecule has 1 amide bonds. The average molecular weight is 353 g/mol. The maximum atomic E-state index is 11.8. The fourth-order valence-electron chi connectivity index (χ4n) is 3.12. The maximum Gasteiger partial charge on any atom is 0.225 e. The Morgan fingerprint density at radius 3 is 2.50 bits per heavy atom. The van der Waals surface area contributed by atoms with Gasteiger partial charge in [0.2, 0.25) is 5.91 Å². The van der Waals surface area contributed by atoms with Crippen LogP contribution in [0.4, 0.5) is 17.3 Å². The molecule has 6 nitrogen and oxygen atoms in total. The van der Waals surface area contributed by atoms with Crippen molar-refractivity contribution in [2.24, 2.45) is 0 Å². The zero-order chi connectivity index (χ0) is 18.4. The van der Waals surface area contributed by atoms with Gasteiger partial charge in [-0.2, -0.15) is 0 Å². The molecule has 1 aliphatic rings. The van der Waals surface area contributed by atoms with E-state index in [0.29, 0.717) is 12.2 Å². The van der Waals surface area contributed by atoms with Crippen LogP contribution in [0.15, 0.2) is 36.4 Å². The number of nitrogens with zero attached hydrogens (tertiary/aromatic N) is 4. The molecule has 1 saturated heterocycles. The first kappa shape index (κ1) is 18.2. The molecular formula is C20H27N5O. The van der Waals surface area contributed by atoms with Gasteiger partial charge in [0, 0.05) is 38.3 Å². The lowest BCUT2D eigenvalue weighted by atomic mass is 10.2. The summed E-state index contributed by atoms with van der Waals surface area (Å²) < 4.78 is 0. The molecule has 6 heteroatoms. The standard InChI is InChI=1S/C20H27N5O/c1-3-4-8-20(26)21-18-9-10-19(23-22-18)25-13-11-24(12-14-25)17-7-5-6-16(2)15-17/h5-7,9-10,15H,3-4,8,11-14H2,1-2H3,(H,21,22,26). The minimum Gasteiger partial charge on any atom is -0.368 e. The van der Waals surface area contributed by atoms with Gasteiger partial charge < -0.3 is 15.1 Å². The number of unbranched alkanes of at least 4 members (excludes halogenated alkanes) is 1. The number of hydrogen-bond acceptors (Lipinski definition) is 5. The number of rotatable bonds is 6. The lowest BCUT2D eigenvalue weighted by Crippen LogP contribution is -2.46. The number of carbonyl (C=O) groups is 1. The van der Waals surface area contributed by atoms with E-state index in [1.165, 1.54) is 11.3 Å². The number of aromatic nitrogens is 2. The molecule has 0 unspecified atom stereocenters. The Kier molecular flexibility index (Phi) is 6.04. The van der Waals surface area contributed by atoms with Gasteiger partial charge in [0.15, 0.2) is 11.6 Å². The van der Waals surface area contributed by atoms with Crippen LogP contribution in [0.5, 0.6) is 0 Å². The van der Waals surface area contributed by atoms with Crippen molar-refractivity contribution in [3.05, 3.63) is 42.0 Å². The zero-order valence-electron chi connectivity index (χ0n) is 15.6. The van der Waals surface area contributed by atoms with Gasteiger partial charge >= 0.3 is 0 Å². The van der Waals surface area contributed by atoms with Crippen molar-refractivity contribution >= 4 is 23.2 Å². The van der Waals surface area contributed by atoms with Crippen LogP contribution in [-0.2, 0) is 4.79 Å². The molecule has 0 aliphatic carbocycles. The van der Waals surface area contributed by atoms with Crippen LogP contribution < -0.4 is 15.1 Å². The minimum atomic E-state index is 0.000619. The SMILES string of the molecule is CCCCC(=O)Nc1ccc(N2CCN(c3cccc(C)c3)CC2)nn1. The van der Waals surface area contributed by atoms with Gasteiger partial charge in [-0.05, 0) is 43.2 Å². The molecule has 1 aromatic heterocycles. The van der Waals surface area contributed by atoms with Gasteiger partial charge in [0.25, 0.3) is 0 Å². The fourth-order valence-corrected chi connectivity index (χ4v) is 3.12. The fraction of sp³-hybridized carbons (Fsp3) is 0.450. The summed E-state index contributed by atoms with van der Waals surface area (Å²) in [6.45, 7) is 7.93. The third-order valence-corrected chi connectivity index (χ3v) is 4.65. The number of hydrogen-bond donors (Lipinski definition) is 1. The summed E-state index contributed by atoms with van der Waals surface area (Å²) in [7, 11) is 0. The Labute approximate surface area is 155 Å². The van der Waals surface area contributed by atoms with Gasteiger partial charge in [0.1, 0.15) is 0 Å². The molecule has 1 aromatic carbocycles. The third kappa shape index (κ3) is 4.71. The average Bonchev–Trinajstić information content (AvgIpc) is 2.67. The smallest absolute Gasteiger partial charge is 0.225 e. The van der Waals surface area contributed by atoms with Crippen molar-refractivity contribution in [3.8, 4) is 0 Å². The first-order chi connectivity index (χ1) is 12.7. The number of anilines is 3. The molecular weight excluding hydrogens is 326 g/mol. The van der Waals surface area contributed by atoms with Crippen LogP contribution >= 0.6 is 0 Å². The molecule has 0 bridgehead atoms. The topological polar surface area (TPSA) is 61.4 Å². The third-order valence-electron chi connectivity index (χ3n) is 4.65. The second-order valence-electron chi connectivity index (χ2n) is 6.74. The molecule has 0 spiro atoms. The molecule has 0 atom stereocenters. The van der Waals surface area contributed by atoms with Crippen LogP contribution in [0.2, 0.25) is 0 Å². The molecule has 0 radical (unpaired) electrons. The monoisotopic (exact) mass is 353 g/mol. The lowest BCUT2D eigenvalue weighted by Gasteiger charge is -2.36. The summed E-state index contributed by atoms with van der Waals surface area (Å²) in [6, 6.07) is 12.4. The Morgan fingerprint density at radius 1 is 1.08 bits per heavy atom. The van der Waals surface area contributed by atoms with E-state index >= 15 is 0 Å². The molecule has 2 aromatic rings. The summed E-state index contributed by atoms with van der Waals surface area (Å²) in [5.74, 6) is 1.38. The van der Waals surface area contributed by atoms with E-state index in [0.717, 1.165) is 44.8 Å². The first-order valence-corrected chi connectivity index (χ1v) is 9.36. The maximum absolute atomic E-state index is 11.8. The number of nitrogens with one attached hydrogen (secondary N) is 1. The van der Waals surface area contributed by atoms with Crippen LogP contribution in [0.1, 0.15) is 31.7 Å². The summed E-state index contributed by atoms with van der Waals surface area (Å²) in [4.78, 5) is 16.4. The Bertz CT molecular complexity index is 723. The predicted octanol–water partition coefficient (Wildman–Crippen LogP) is 3.24. The number of carbonyl (C=O) groups excluding carboxylic acids is 1. The largest absolute Gasteiger partial charge is 0.368 e. The molecule has 0 saturated carbocycles. The van der Waals surface area contributed by atoms with E-state index in [1.807, 2.05) is 12.1 Å². The summed E-state index contributed by atoms with van der Waals surface area (Å²) in [5.41, 5.74) is 2.56. The van der Waals surface area contributed by atoms with E-state index in [1.54, 1.807) is 0 Å². The van der Waals surface area contributed by atoms with Crippen molar-refractivity contribution in [1.82, 2.24) is 10.2 Å². The first-order valence-electron chi connectivity index (χ1n) is 9.36. The van der Waals surface area contributed by atoms with Crippen LogP contribution in [0.3, 0.4) is 0 Å². The van der Waals surface area contributed by atoms with Gasteiger partial charge in [-0.3, -0.25) is 4.79 Å². The predicted molar refractivity (Wildman–Crippen MR) is 106 cm³/mol. The minimum absolute atomic E-state index is 0.000619. The van der Waals surface area contributed by atoms with Gasteiger partial charge in [0.05, 0.1) is 0 Å². The Morgan fingerprint density at radius 2 is 1.85 bits per heavy atom. The molecule has 138 valence electrons. The van der Waals surface area contributed by atoms with Crippen LogP contribution in [0, 0.1) is 6.92 Å². The quantitative estimate of drug-likeness (QED) is 0.864. The summed E-state index contributed by atoms with van der Waals surface area (Å²) in [5, 5.41) is 11.2. The summed E-state index contributed by atoms with van der Waals surface area (Å²) in [6.07, 6.45) is 2.43. The lowest BCUT2D eigenvalue weighted by molar-refractivity contribution is -0.116. The van der Waals surface area contributed by atoms with Crippen LogP contribution in [0.25, 0.3) is 0 Å². The number of piperazine rings is 1. The molecule has 1 fully saturated rings. The molecule has 26 heavy (non-hydrogen) atoms. The molecule has 2 heterocycles. The second kappa shape index (κ2) is 8.65. The van der Waals surface area contributed by atoms with E-state index in [4.69, 9.17) is 0 Å². The van der Waals surface area contributed by atoms with Crippen molar-refractivity contribution in [2.75, 3.05) is 41.3 Å². The number of benzene rings is 1. The van der Waals surface area contributed by atoms with E-state index in [2.05, 4.69) is 63.4 Å². The summed E-state index contributed by atoms with van der Waals surface area (Å²) >= 11 is 0. The highest BCUT2D eigenvalue weighted by Crippen LogP contribution is 2.20. The van der Waals surface area contributed by atoms with Crippen molar-refractivity contribution in [1.29, 1.82) is 0 Å². The van der Waals surface area contributed by atoms with Crippen molar-refractivity contribution in [3.63, 3.8) is 0 Å².